The van der Waals surface area contributed by atoms with Gasteiger partial charge in [-0.2, -0.15) is 0 Å². The van der Waals surface area contributed by atoms with E-state index in [1.807, 2.05) is 18.7 Å². The Balaban J connectivity index is 1.54. The number of benzene rings is 1. The molecule has 5 heteroatoms. The van der Waals surface area contributed by atoms with Crippen molar-refractivity contribution in [1.82, 2.24) is 4.90 Å². The van der Waals surface area contributed by atoms with Gasteiger partial charge in [-0.25, -0.2) is 0 Å². The number of carbonyl (C=O) groups excluding carboxylic acids is 2. The number of aryl methyl sites for hydroxylation is 3. The van der Waals surface area contributed by atoms with Crippen molar-refractivity contribution in [2.24, 2.45) is 11.8 Å². The molecule has 0 saturated carbocycles. The number of anilines is 1. The van der Waals surface area contributed by atoms with Gasteiger partial charge in [0.1, 0.15) is 0 Å². The van der Waals surface area contributed by atoms with Crippen LogP contribution >= 0.6 is 0 Å². The second-order valence-electron chi connectivity index (χ2n) is 7.75. The van der Waals surface area contributed by atoms with Crippen LogP contribution in [0.1, 0.15) is 42.4 Å². The van der Waals surface area contributed by atoms with E-state index >= 15 is 0 Å². The van der Waals surface area contributed by atoms with Crippen LogP contribution in [-0.4, -0.2) is 43.0 Å². The molecule has 0 bridgehead atoms. The van der Waals surface area contributed by atoms with Crippen LogP contribution < -0.4 is 5.32 Å². The molecule has 3 rings (SSSR count). The van der Waals surface area contributed by atoms with Crippen LogP contribution in [0.2, 0.25) is 0 Å². The zero-order valence-corrected chi connectivity index (χ0v) is 16.1. The summed E-state index contributed by atoms with van der Waals surface area (Å²) >= 11 is 0. The van der Waals surface area contributed by atoms with Gasteiger partial charge in [-0.3, -0.25) is 9.59 Å². The number of amides is 2. The molecule has 0 radical (unpaired) electrons. The number of hydrogen-bond donors (Lipinski definition) is 1. The molecule has 1 aromatic carbocycles. The minimum Gasteiger partial charge on any atom is -0.381 e. The Morgan fingerprint density at radius 3 is 2.12 bits per heavy atom. The van der Waals surface area contributed by atoms with Crippen molar-refractivity contribution in [3.05, 3.63) is 28.8 Å². The van der Waals surface area contributed by atoms with Crippen molar-refractivity contribution in [3.8, 4) is 0 Å². The first-order valence-electron chi connectivity index (χ1n) is 9.71. The molecule has 2 saturated heterocycles. The maximum Gasteiger partial charge on any atom is 0.227 e. The lowest BCUT2D eigenvalue weighted by Gasteiger charge is -2.34. The highest BCUT2D eigenvalue weighted by Gasteiger charge is 2.31. The third-order valence-electron chi connectivity index (χ3n) is 5.67. The first-order valence-corrected chi connectivity index (χ1v) is 9.71. The molecule has 0 aliphatic carbocycles. The highest BCUT2D eigenvalue weighted by atomic mass is 16.5. The van der Waals surface area contributed by atoms with Crippen LogP contribution in [0.4, 0.5) is 5.69 Å². The molecular weight excluding hydrogens is 328 g/mol. The smallest absolute Gasteiger partial charge is 0.227 e. The fourth-order valence-corrected chi connectivity index (χ4v) is 4.17. The number of likely N-dealkylation sites (tertiary alicyclic amines) is 1. The van der Waals surface area contributed by atoms with Gasteiger partial charge in [-0.15, -0.1) is 0 Å². The van der Waals surface area contributed by atoms with E-state index in [0.717, 1.165) is 42.5 Å². The van der Waals surface area contributed by atoms with Gasteiger partial charge in [0, 0.05) is 43.8 Å². The Morgan fingerprint density at radius 2 is 1.54 bits per heavy atom. The van der Waals surface area contributed by atoms with E-state index in [0.29, 0.717) is 26.3 Å². The molecule has 5 nitrogen and oxygen atoms in total. The minimum atomic E-state index is -0.0196. The number of carbonyl (C=O) groups is 2. The van der Waals surface area contributed by atoms with Gasteiger partial charge in [-0.05, 0) is 57.6 Å². The first kappa shape index (κ1) is 18.9. The summed E-state index contributed by atoms with van der Waals surface area (Å²) in [6.07, 6.45) is 3.13. The van der Waals surface area contributed by atoms with Crippen LogP contribution in [0.3, 0.4) is 0 Å². The van der Waals surface area contributed by atoms with Gasteiger partial charge in [0.2, 0.25) is 11.8 Å². The van der Waals surface area contributed by atoms with Crippen molar-refractivity contribution >= 4 is 17.5 Å². The monoisotopic (exact) mass is 358 g/mol. The molecule has 1 aromatic rings. The summed E-state index contributed by atoms with van der Waals surface area (Å²) in [5, 5.41) is 3.12. The van der Waals surface area contributed by atoms with E-state index in [-0.39, 0.29) is 23.7 Å². The standard InChI is InChI=1S/C21H30N2O3/c1-14-12-15(2)19(16(3)13-14)22-20(24)17-4-8-23(9-5-17)21(25)18-6-10-26-11-7-18/h12-13,17-18H,4-11H2,1-3H3,(H,22,24). The maximum atomic E-state index is 12.7. The van der Waals surface area contributed by atoms with Crippen molar-refractivity contribution in [3.63, 3.8) is 0 Å². The Labute approximate surface area is 156 Å². The minimum absolute atomic E-state index is 0.0196. The van der Waals surface area contributed by atoms with Crippen molar-refractivity contribution in [1.29, 1.82) is 0 Å². The topological polar surface area (TPSA) is 58.6 Å². The molecule has 2 aliphatic heterocycles. The highest BCUT2D eigenvalue weighted by molar-refractivity contribution is 5.94. The molecule has 2 aliphatic rings. The molecule has 142 valence electrons. The van der Waals surface area contributed by atoms with Crippen molar-refractivity contribution in [2.45, 2.75) is 46.5 Å². The lowest BCUT2D eigenvalue weighted by atomic mass is 9.92. The van der Waals surface area contributed by atoms with E-state index < -0.39 is 0 Å². The van der Waals surface area contributed by atoms with E-state index in [1.165, 1.54) is 5.56 Å². The molecule has 0 aromatic heterocycles. The summed E-state index contributed by atoms with van der Waals surface area (Å²) < 4.78 is 5.35. The third kappa shape index (κ3) is 4.26. The maximum absolute atomic E-state index is 12.7. The highest BCUT2D eigenvalue weighted by Crippen LogP contribution is 2.26. The Hall–Kier alpha value is -1.88. The molecule has 2 heterocycles. The van der Waals surface area contributed by atoms with Gasteiger partial charge < -0.3 is 15.0 Å². The largest absolute Gasteiger partial charge is 0.381 e. The molecule has 0 spiro atoms. The van der Waals surface area contributed by atoms with Gasteiger partial charge in [-0.1, -0.05) is 17.7 Å². The zero-order valence-electron chi connectivity index (χ0n) is 16.1. The normalized spacial score (nSPS) is 19.4. The molecule has 1 N–H and O–H groups in total. The van der Waals surface area contributed by atoms with Crippen LogP contribution in [-0.2, 0) is 14.3 Å². The first-order chi connectivity index (χ1) is 12.5. The Bertz CT molecular complexity index is 649. The third-order valence-corrected chi connectivity index (χ3v) is 5.67. The Morgan fingerprint density at radius 1 is 0.962 bits per heavy atom. The fraction of sp³-hybridized carbons (Fsp3) is 0.619. The molecule has 0 atom stereocenters. The van der Waals surface area contributed by atoms with Crippen LogP contribution in [0, 0.1) is 32.6 Å². The van der Waals surface area contributed by atoms with Gasteiger partial charge in [0.25, 0.3) is 0 Å². The lowest BCUT2D eigenvalue weighted by molar-refractivity contribution is -0.141. The number of nitrogens with one attached hydrogen (secondary N) is 1. The summed E-state index contributed by atoms with van der Waals surface area (Å²) in [7, 11) is 0. The quantitative estimate of drug-likeness (QED) is 0.903. The van der Waals surface area contributed by atoms with E-state index in [2.05, 4.69) is 24.4 Å². The number of ether oxygens (including phenoxy) is 1. The summed E-state index contributed by atoms with van der Waals surface area (Å²) in [4.78, 5) is 27.3. The predicted molar refractivity (Wildman–Crippen MR) is 102 cm³/mol. The van der Waals surface area contributed by atoms with Gasteiger partial charge >= 0.3 is 0 Å². The SMILES string of the molecule is Cc1cc(C)c(NC(=O)C2CCN(C(=O)C3CCOCC3)CC2)c(C)c1. The number of rotatable bonds is 3. The summed E-state index contributed by atoms with van der Waals surface area (Å²) in [5.41, 5.74) is 4.34. The van der Waals surface area contributed by atoms with Gasteiger partial charge in [0.15, 0.2) is 0 Å². The number of piperidine rings is 1. The summed E-state index contributed by atoms with van der Waals surface area (Å²) in [6, 6.07) is 4.19. The predicted octanol–water partition coefficient (Wildman–Crippen LogP) is 3.22. The molecule has 26 heavy (non-hydrogen) atoms. The van der Waals surface area contributed by atoms with E-state index in [4.69, 9.17) is 4.74 Å². The average molecular weight is 358 g/mol. The Kier molecular flexibility index (Phi) is 5.97. The van der Waals surface area contributed by atoms with E-state index in [1.54, 1.807) is 0 Å². The van der Waals surface area contributed by atoms with Gasteiger partial charge in [0.05, 0.1) is 0 Å². The second kappa shape index (κ2) is 8.21. The number of hydrogen-bond acceptors (Lipinski definition) is 3. The average Bonchev–Trinajstić information content (AvgIpc) is 2.64. The van der Waals surface area contributed by atoms with Crippen molar-refractivity contribution in [2.75, 3.05) is 31.6 Å². The van der Waals surface area contributed by atoms with Crippen LogP contribution in [0.25, 0.3) is 0 Å². The molecular formula is C21H30N2O3. The lowest BCUT2D eigenvalue weighted by Crippen LogP contribution is -2.45. The zero-order chi connectivity index (χ0) is 18.7. The van der Waals surface area contributed by atoms with E-state index in [9.17, 15) is 9.59 Å². The van der Waals surface area contributed by atoms with Crippen molar-refractivity contribution < 1.29 is 14.3 Å². The summed E-state index contributed by atoms with van der Waals surface area (Å²) in [5.74, 6) is 0.413. The second-order valence-corrected chi connectivity index (χ2v) is 7.75. The van der Waals surface area contributed by atoms with Crippen LogP contribution in [0.15, 0.2) is 12.1 Å². The molecule has 2 amide bonds. The van der Waals surface area contributed by atoms with Crippen LogP contribution in [0.5, 0.6) is 0 Å². The molecule has 2 fully saturated rings. The fourth-order valence-electron chi connectivity index (χ4n) is 4.17. The summed E-state index contributed by atoms with van der Waals surface area (Å²) in [6.45, 7) is 8.86. The number of nitrogens with zero attached hydrogens (tertiary/aromatic N) is 1. The molecule has 0 unspecified atom stereocenters.